The van der Waals surface area contributed by atoms with Gasteiger partial charge >= 0.3 is 0 Å². The second-order valence-corrected chi connectivity index (χ2v) is 5.80. The van der Waals surface area contributed by atoms with Gasteiger partial charge in [-0.05, 0) is 30.4 Å². The van der Waals surface area contributed by atoms with Crippen LogP contribution in [0, 0.1) is 0 Å². The molecule has 0 unspecified atom stereocenters. The van der Waals surface area contributed by atoms with Crippen molar-refractivity contribution in [1.29, 1.82) is 0 Å². The molecule has 1 aliphatic rings. The Bertz CT molecular complexity index is 757. The van der Waals surface area contributed by atoms with E-state index in [9.17, 15) is 0 Å². The van der Waals surface area contributed by atoms with Gasteiger partial charge in [0.05, 0.1) is 12.2 Å². The second-order valence-electron chi connectivity index (χ2n) is 5.05. The number of rotatable bonds is 4. The Morgan fingerprint density at radius 3 is 2.95 bits per heavy atom. The van der Waals surface area contributed by atoms with Crippen LogP contribution in [-0.4, -0.2) is 18.7 Å². The zero-order valence-electron chi connectivity index (χ0n) is 10.8. The number of hydrogen-bond acceptors (Lipinski definition) is 6. The van der Waals surface area contributed by atoms with Crippen LogP contribution in [-0.2, 0) is 6.54 Å². The maximum absolute atomic E-state index is 5.49. The third-order valence-corrected chi connectivity index (χ3v) is 4.12. The molecule has 4 rings (SSSR count). The van der Waals surface area contributed by atoms with Crippen molar-refractivity contribution in [2.45, 2.75) is 25.3 Å². The molecule has 0 saturated heterocycles. The Kier molecular flexibility index (Phi) is 2.59. The van der Waals surface area contributed by atoms with Gasteiger partial charge in [-0.25, -0.2) is 4.98 Å². The molecule has 3 aromatic heterocycles. The monoisotopic (exact) mass is 286 g/mol. The van der Waals surface area contributed by atoms with E-state index >= 15 is 0 Å². The number of fused-ring (bicyclic) bond motifs is 1. The van der Waals surface area contributed by atoms with E-state index < -0.39 is 0 Å². The average molecular weight is 286 g/mol. The Morgan fingerprint density at radius 1 is 1.30 bits per heavy atom. The van der Waals surface area contributed by atoms with Crippen molar-refractivity contribution in [3.8, 4) is 0 Å². The molecule has 3 aromatic rings. The van der Waals surface area contributed by atoms with Crippen LogP contribution in [0.5, 0.6) is 0 Å². The van der Waals surface area contributed by atoms with Gasteiger partial charge in [0, 0.05) is 23.9 Å². The summed E-state index contributed by atoms with van der Waals surface area (Å²) in [5, 5.41) is 3.90. The highest BCUT2D eigenvalue weighted by Crippen LogP contribution is 2.39. The minimum Gasteiger partial charge on any atom is -0.367 e. The minimum atomic E-state index is 0.307. The zero-order valence-corrected chi connectivity index (χ0v) is 11.6. The lowest BCUT2D eigenvalue weighted by molar-refractivity contribution is 1.05. The molecule has 0 atom stereocenters. The summed E-state index contributed by atoms with van der Waals surface area (Å²) in [5.74, 6) is 1.06. The maximum atomic E-state index is 5.49. The Morgan fingerprint density at radius 2 is 2.20 bits per heavy atom. The third-order valence-electron chi connectivity index (χ3n) is 3.44. The lowest BCUT2D eigenvalue weighted by atomic mass is 10.2. The van der Waals surface area contributed by atoms with E-state index in [1.807, 2.05) is 0 Å². The lowest BCUT2D eigenvalue weighted by Crippen LogP contribution is -1.99. The first-order valence-corrected chi connectivity index (χ1v) is 7.36. The molecule has 1 saturated carbocycles. The van der Waals surface area contributed by atoms with Crippen molar-refractivity contribution >= 4 is 28.3 Å². The molecule has 3 N–H and O–H groups in total. The SMILES string of the molecule is Nc1nsc(NCc2cn3cc(C4CC4)ccc3n2)n1. The molecule has 6 nitrogen and oxygen atoms in total. The van der Waals surface area contributed by atoms with Gasteiger partial charge in [0.2, 0.25) is 11.1 Å². The van der Waals surface area contributed by atoms with E-state index in [1.54, 1.807) is 0 Å². The van der Waals surface area contributed by atoms with E-state index in [0.29, 0.717) is 12.5 Å². The maximum Gasteiger partial charge on any atom is 0.233 e. The fourth-order valence-corrected chi connectivity index (χ4v) is 2.77. The van der Waals surface area contributed by atoms with Crippen molar-refractivity contribution in [2.75, 3.05) is 11.1 Å². The number of anilines is 2. The second kappa shape index (κ2) is 4.45. The number of pyridine rings is 1. The summed E-state index contributed by atoms with van der Waals surface area (Å²) in [7, 11) is 0. The van der Waals surface area contributed by atoms with Crippen molar-refractivity contribution in [1.82, 2.24) is 18.7 Å². The minimum absolute atomic E-state index is 0.307. The van der Waals surface area contributed by atoms with E-state index in [1.165, 1.54) is 29.9 Å². The number of nitrogens with one attached hydrogen (secondary N) is 1. The molecule has 0 amide bonds. The highest BCUT2D eigenvalue weighted by Gasteiger charge is 2.23. The summed E-state index contributed by atoms with van der Waals surface area (Å²) in [5.41, 5.74) is 8.85. The first-order chi connectivity index (χ1) is 9.78. The molecule has 1 fully saturated rings. The van der Waals surface area contributed by atoms with Crippen LogP contribution in [0.15, 0.2) is 24.5 Å². The molecule has 0 bridgehead atoms. The van der Waals surface area contributed by atoms with Gasteiger partial charge in [-0.3, -0.25) is 0 Å². The summed E-state index contributed by atoms with van der Waals surface area (Å²) < 4.78 is 6.03. The Balaban J connectivity index is 1.54. The van der Waals surface area contributed by atoms with E-state index in [-0.39, 0.29) is 0 Å². The molecular weight excluding hydrogens is 272 g/mol. The lowest BCUT2D eigenvalue weighted by Gasteiger charge is -1.98. The molecule has 7 heteroatoms. The fourth-order valence-electron chi connectivity index (χ4n) is 2.28. The number of imidazole rings is 1. The highest BCUT2D eigenvalue weighted by atomic mass is 32.1. The molecule has 20 heavy (non-hydrogen) atoms. The van der Waals surface area contributed by atoms with Crippen molar-refractivity contribution in [3.63, 3.8) is 0 Å². The predicted molar refractivity (Wildman–Crippen MR) is 78.8 cm³/mol. The van der Waals surface area contributed by atoms with E-state index in [4.69, 9.17) is 5.73 Å². The van der Waals surface area contributed by atoms with Crippen molar-refractivity contribution in [3.05, 3.63) is 35.8 Å². The first kappa shape index (κ1) is 11.7. The van der Waals surface area contributed by atoms with Crippen molar-refractivity contribution in [2.24, 2.45) is 0 Å². The van der Waals surface area contributed by atoms with E-state index in [2.05, 4.69) is 48.6 Å². The van der Waals surface area contributed by atoms with Gasteiger partial charge in [-0.1, -0.05) is 6.07 Å². The van der Waals surface area contributed by atoms with Gasteiger partial charge in [-0.2, -0.15) is 9.36 Å². The largest absolute Gasteiger partial charge is 0.367 e. The summed E-state index contributed by atoms with van der Waals surface area (Å²) >= 11 is 1.26. The summed E-state index contributed by atoms with van der Waals surface area (Å²) in [4.78, 5) is 8.65. The van der Waals surface area contributed by atoms with Crippen LogP contribution in [0.4, 0.5) is 11.1 Å². The number of aromatic nitrogens is 4. The van der Waals surface area contributed by atoms with Gasteiger partial charge in [0.15, 0.2) is 0 Å². The van der Waals surface area contributed by atoms with Crippen LogP contribution < -0.4 is 11.1 Å². The quantitative estimate of drug-likeness (QED) is 0.769. The van der Waals surface area contributed by atoms with E-state index in [0.717, 1.165) is 22.4 Å². The molecule has 3 heterocycles. The number of hydrogen-bond donors (Lipinski definition) is 2. The number of nitrogen functional groups attached to an aromatic ring is 1. The standard InChI is InChI=1S/C13H14N6S/c14-12-17-13(20-18-12)15-5-10-7-19-6-9(8-1-2-8)3-4-11(19)16-10/h3-4,6-8H,1-2,5H2,(H3,14,15,17,18). The molecule has 0 spiro atoms. The smallest absolute Gasteiger partial charge is 0.233 e. The van der Waals surface area contributed by atoms with Crippen LogP contribution in [0.1, 0.15) is 30.0 Å². The molecular formula is C13H14N6S. The third kappa shape index (κ3) is 2.20. The first-order valence-electron chi connectivity index (χ1n) is 6.58. The van der Waals surface area contributed by atoms with Crippen LogP contribution in [0.25, 0.3) is 5.65 Å². The molecule has 0 aromatic carbocycles. The van der Waals surface area contributed by atoms with Crippen LogP contribution in [0.3, 0.4) is 0 Å². The van der Waals surface area contributed by atoms with Gasteiger partial charge in [0.1, 0.15) is 5.65 Å². The topological polar surface area (TPSA) is 81.1 Å². The summed E-state index contributed by atoms with van der Waals surface area (Å²) in [6, 6.07) is 4.27. The van der Waals surface area contributed by atoms with Crippen LogP contribution in [0.2, 0.25) is 0 Å². The molecule has 102 valence electrons. The Labute approximate surface area is 119 Å². The Hall–Kier alpha value is -2.15. The van der Waals surface area contributed by atoms with Crippen LogP contribution >= 0.6 is 11.5 Å². The fraction of sp³-hybridized carbons (Fsp3) is 0.308. The predicted octanol–water partition coefficient (Wildman–Crippen LogP) is 2.26. The summed E-state index contributed by atoms with van der Waals surface area (Å²) in [6.07, 6.45) is 6.87. The summed E-state index contributed by atoms with van der Waals surface area (Å²) in [6.45, 7) is 0.620. The highest BCUT2D eigenvalue weighted by molar-refractivity contribution is 7.09. The number of nitrogens with two attached hydrogens (primary N) is 1. The zero-order chi connectivity index (χ0) is 13.5. The van der Waals surface area contributed by atoms with Gasteiger partial charge in [0.25, 0.3) is 0 Å². The normalized spacial score (nSPS) is 14.8. The number of nitrogens with zero attached hydrogens (tertiary/aromatic N) is 4. The molecule has 0 radical (unpaired) electrons. The molecule has 0 aliphatic heterocycles. The average Bonchev–Trinajstić information content (AvgIpc) is 3.09. The molecule has 1 aliphatic carbocycles. The van der Waals surface area contributed by atoms with Gasteiger partial charge < -0.3 is 15.5 Å². The van der Waals surface area contributed by atoms with Crippen molar-refractivity contribution < 1.29 is 0 Å². The van der Waals surface area contributed by atoms with Gasteiger partial charge in [-0.15, -0.1) is 0 Å².